The van der Waals surface area contributed by atoms with E-state index >= 15 is 0 Å². The minimum atomic E-state index is -0.352. The first-order valence-electron chi connectivity index (χ1n) is 4.16. The molecular formula is C10H11FN2O. The van der Waals surface area contributed by atoms with E-state index in [2.05, 4.69) is 10.6 Å². The fourth-order valence-electron chi connectivity index (χ4n) is 0.859. The summed E-state index contributed by atoms with van der Waals surface area (Å²) in [6.07, 6.45) is 3.21. The van der Waals surface area contributed by atoms with Crippen molar-refractivity contribution in [1.29, 1.82) is 0 Å². The van der Waals surface area contributed by atoms with Gasteiger partial charge < -0.3 is 10.6 Å². The lowest BCUT2D eigenvalue weighted by molar-refractivity contribution is 0.255. The van der Waals surface area contributed by atoms with Crippen LogP contribution in [-0.4, -0.2) is 6.03 Å². The first kappa shape index (κ1) is 10.2. The van der Waals surface area contributed by atoms with Crippen LogP contribution in [0.1, 0.15) is 6.92 Å². The minimum Gasteiger partial charge on any atom is -0.315 e. The first-order valence-corrected chi connectivity index (χ1v) is 4.16. The number of amides is 2. The second-order valence-corrected chi connectivity index (χ2v) is 2.61. The van der Waals surface area contributed by atoms with Gasteiger partial charge in [-0.05, 0) is 31.2 Å². The number of halogens is 1. The Balaban J connectivity index is 2.52. The lowest BCUT2D eigenvalue weighted by Gasteiger charge is -2.03. The SMILES string of the molecule is C/C=C/NC(=O)Nc1ccc(F)cc1. The summed E-state index contributed by atoms with van der Waals surface area (Å²) in [4.78, 5) is 11.1. The molecule has 4 heteroatoms. The van der Waals surface area contributed by atoms with E-state index in [1.54, 1.807) is 13.0 Å². The first-order chi connectivity index (χ1) is 6.72. The summed E-state index contributed by atoms with van der Waals surface area (Å²) in [5, 5.41) is 5.01. The predicted molar refractivity (Wildman–Crippen MR) is 53.4 cm³/mol. The Hall–Kier alpha value is -1.84. The van der Waals surface area contributed by atoms with Crippen LogP contribution in [0.3, 0.4) is 0 Å². The molecule has 2 amide bonds. The molecule has 1 aromatic carbocycles. The number of urea groups is 1. The Morgan fingerprint density at radius 2 is 2.00 bits per heavy atom. The van der Waals surface area contributed by atoms with Gasteiger partial charge in [-0.2, -0.15) is 0 Å². The highest BCUT2D eigenvalue weighted by Gasteiger charge is 1.98. The maximum Gasteiger partial charge on any atom is 0.323 e. The van der Waals surface area contributed by atoms with Crippen molar-refractivity contribution in [2.45, 2.75) is 6.92 Å². The molecule has 0 aromatic heterocycles. The Kier molecular flexibility index (Phi) is 3.67. The number of hydrogen-bond acceptors (Lipinski definition) is 1. The fourth-order valence-corrected chi connectivity index (χ4v) is 0.859. The number of nitrogens with one attached hydrogen (secondary N) is 2. The largest absolute Gasteiger partial charge is 0.323 e. The zero-order valence-electron chi connectivity index (χ0n) is 7.75. The highest BCUT2D eigenvalue weighted by molar-refractivity contribution is 5.89. The molecule has 0 atom stereocenters. The molecular weight excluding hydrogens is 183 g/mol. The van der Waals surface area contributed by atoms with Crippen molar-refractivity contribution in [1.82, 2.24) is 5.32 Å². The van der Waals surface area contributed by atoms with Crippen LogP contribution in [0.15, 0.2) is 36.5 Å². The number of rotatable bonds is 2. The number of hydrogen-bond donors (Lipinski definition) is 2. The second-order valence-electron chi connectivity index (χ2n) is 2.61. The fraction of sp³-hybridized carbons (Fsp3) is 0.100. The molecule has 2 N–H and O–H groups in total. The van der Waals surface area contributed by atoms with Gasteiger partial charge in [0, 0.05) is 11.9 Å². The van der Waals surface area contributed by atoms with E-state index in [1.165, 1.54) is 30.5 Å². The molecule has 3 nitrogen and oxygen atoms in total. The molecule has 0 radical (unpaired) electrons. The molecule has 0 aliphatic carbocycles. The predicted octanol–water partition coefficient (Wildman–Crippen LogP) is 2.48. The summed E-state index contributed by atoms with van der Waals surface area (Å²) in [5.74, 6) is -0.329. The maximum absolute atomic E-state index is 12.5. The monoisotopic (exact) mass is 194 g/mol. The van der Waals surface area contributed by atoms with Crippen molar-refractivity contribution in [2.24, 2.45) is 0 Å². The molecule has 14 heavy (non-hydrogen) atoms. The van der Waals surface area contributed by atoms with Crippen molar-refractivity contribution in [2.75, 3.05) is 5.32 Å². The second kappa shape index (κ2) is 5.01. The van der Waals surface area contributed by atoms with Gasteiger partial charge in [0.1, 0.15) is 5.82 Å². The maximum atomic E-state index is 12.5. The Morgan fingerprint density at radius 3 is 2.57 bits per heavy atom. The van der Waals surface area contributed by atoms with Crippen LogP contribution in [0.25, 0.3) is 0 Å². The van der Waals surface area contributed by atoms with Crippen LogP contribution in [0.5, 0.6) is 0 Å². The lowest BCUT2D eigenvalue weighted by Crippen LogP contribution is -2.23. The van der Waals surface area contributed by atoms with Crippen molar-refractivity contribution in [3.63, 3.8) is 0 Å². The summed E-state index contributed by atoms with van der Waals surface area (Å²) >= 11 is 0. The summed E-state index contributed by atoms with van der Waals surface area (Å²) in [5.41, 5.74) is 0.549. The van der Waals surface area contributed by atoms with E-state index in [1.807, 2.05) is 0 Å². The zero-order chi connectivity index (χ0) is 10.4. The van der Waals surface area contributed by atoms with Gasteiger partial charge in [-0.3, -0.25) is 0 Å². The number of allylic oxidation sites excluding steroid dienone is 1. The number of benzene rings is 1. The molecule has 0 unspecified atom stereocenters. The third-order valence-electron chi connectivity index (χ3n) is 1.48. The van der Waals surface area contributed by atoms with E-state index in [0.717, 1.165) is 0 Å². The standard InChI is InChI=1S/C10H11FN2O/c1-2-7-12-10(14)13-9-5-3-8(11)4-6-9/h2-7H,1H3,(H2,12,13,14)/b7-2+. The summed E-state index contributed by atoms with van der Waals surface area (Å²) in [6.45, 7) is 1.79. The van der Waals surface area contributed by atoms with Crippen molar-refractivity contribution in [3.05, 3.63) is 42.4 Å². The Bertz CT molecular complexity index is 332. The third kappa shape index (κ3) is 3.26. The number of carbonyl (C=O) groups is 1. The van der Waals surface area contributed by atoms with Gasteiger partial charge >= 0.3 is 6.03 Å². The van der Waals surface area contributed by atoms with Crippen LogP contribution < -0.4 is 10.6 Å². The third-order valence-corrected chi connectivity index (χ3v) is 1.48. The van der Waals surface area contributed by atoms with Gasteiger partial charge in [0.25, 0.3) is 0 Å². The molecule has 1 aromatic rings. The molecule has 0 heterocycles. The summed E-state index contributed by atoms with van der Waals surface area (Å²) in [6, 6.07) is 5.20. The molecule has 0 saturated heterocycles. The van der Waals surface area contributed by atoms with Gasteiger partial charge in [-0.1, -0.05) is 6.08 Å². The van der Waals surface area contributed by atoms with Crippen molar-refractivity contribution in [3.8, 4) is 0 Å². The molecule has 0 fully saturated rings. The zero-order valence-corrected chi connectivity index (χ0v) is 7.75. The van der Waals surface area contributed by atoms with Crippen LogP contribution in [0, 0.1) is 5.82 Å². The number of anilines is 1. The lowest BCUT2D eigenvalue weighted by atomic mass is 10.3. The van der Waals surface area contributed by atoms with Gasteiger partial charge in [-0.25, -0.2) is 9.18 Å². The van der Waals surface area contributed by atoms with E-state index in [0.29, 0.717) is 5.69 Å². The van der Waals surface area contributed by atoms with Crippen LogP contribution >= 0.6 is 0 Å². The average molecular weight is 194 g/mol. The van der Waals surface area contributed by atoms with Crippen molar-refractivity contribution < 1.29 is 9.18 Å². The van der Waals surface area contributed by atoms with Crippen LogP contribution in [0.2, 0.25) is 0 Å². The van der Waals surface area contributed by atoms with Crippen LogP contribution in [0.4, 0.5) is 14.9 Å². The van der Waals surface area contributed by atoms with Gasteiger partial charge in [0.2, 0.25) is 0 Å². The average Bonchev–Trinajstić information content (AvgIpc) is 2.18. The summed E-state index contributed by atoms with van der Waals surface area (Å²) < 4.78 is 12.5. The topological polar surface area (TPSA) is 41.1 Å². The minimum absolute atomic E-state index is 0.329. The van der Waals surface area contributed by atoms with Gasteiger partial charge in [-0.15, -0.1) is 0 Å². The molecule has 0 bridgehead atoms. The van der Waals surface area contributed by atoms with E-state index in [4.69, 9.17) is 0 Å². The van der Waals surface area contributed by atoms with Gasteiger partial charge in [0.15, 0.2) is 0 Å². The molecule has 74 valence electrons. The highest BCUT2D eigenvalue weighted by Crippen LogP contribution is 2.07. The molecule has 1 rings (SSSR count). The highest BCUT2D eigenvalue weighted by atomic mass is 19.1. The van der Waals surface area contributed by atoms with E-state index < -0.39 is 0 Å². The Labute approximate surface area is 81.6 Å². The van der Waals surface area contributed by atoms with E-state index in [-0.39, 0.29) is 11.8 Å². The molecule has 0 saturated carbocycles. The molecule has 0 aliphatic rings. The quantitative estimate of drug-likeness (QED) is 0.746. The smallest absolute Gasteiger partial charge is 0.315 e. The van der Waals surface area contributed by atoms with E-state index in [9.17, 15) is 9.18 Å². The Morgan fingerprint density at radius 1 is 1.36 bits per heavy atom. The van der Waals surface area contributed by atoms with Crippen LogP contribution in [-0.2, 0) is 0 Å². The van der Waals surface area contributed by atoms with Crippen molar-refractivity contribution >= 4 is 11.7 Å². The van der Waals surface area contributed by atoms with Gasteiger partial charge in [0.05, 0.1) is 0 Å². The summed E-state index contributed by atoms with van der Waals surface area (Å²) in [7, 11) is 0. The normalized spacial score (nSPS) is 10.1. The molecule has 0 aliphatic heterocycles. The molecule has 0 spiro atoms. The number of carbonyl (C=O) groups excluding carboxylic acids is 1.